The molecule has 0 aliphatic rings. The molecule has 0 aromatic carbocycles. The van der Waals surface area contributed by atoms with E-state index < -0.39 is 30.9 Å². The summed E-state index contributed by atoms with van der Waals surface area (Å²) in [5.74, 6) is -5.51. The Balaban J connectivity index is 2.29. The van der Waals surface area contributed by atoms with E-state index in [9.17, 15) is 27.2 Å². The van der Waals surface area contributed by atoms with Gasteiger partial charge in [-0.1, -0.05) is 0 Å². The minimum Gasteiger partial charge on any atom is -0.476 e. The fraction of sp³-hybridized carbons (Fsp3) is 0.500. The third-order valence-corrected chi connectivity index (χ3v) is 2.31. The molecule has 0 saturated carbocycles. The lowest BCUT2D eigenvalue weighted by Crippen LogP contribution is -2.45. The van der Waals surface area contributed by atoms with Crippen LogP contribution in [0.2, 0.25) is 0 Å². The molecule has 1 aromatic rings. The number of carbonyl (C=O) groups is 2. The van der Waals surface area contributed by atoms with Gasteiger partial charge >= 0.3 is 24.3 Å². The first-order valence-electron chi connectivity index (χ1n) is 5.65. The fourth-order valence-corrected chi connectivity index (χ4v) is 1.23. The second-order valence-electron chi connectivity index (χ2n) is 3.97. The van der Waals surface area contributed by atoms with E-state index in [0.717, 1.165) is 0 Å². The van der Waals surface area contributed by atoms with E-state index in [1.165, 1.54) is 17.1 Å². The molecule has 0 unspecified atom stereocenters. The number of imidazole rings is 1. The number of nitrogens with one attached hydrogen (secondary N) is 2. The molecule has 118 valence electrons. The first kappa shape index (κ1) is 16.7. The number of carbonyl (C=O) groups excluding carboxylic acids is 1. The van der Waals surface area contributed by atoms with Crippen molar-refractivity contribution in [1.82, 2.24) is 20.2 Å². The Morgan fingerprint density at radius 1 is 1.38 bits per heavy atom. The van der Waals surface area contributed by atoms with Crippen LogP contribution in [0.3, 0.4) is 0 Å². The van der Waals surface area contributed by atoms with Gasteiger partial charge in [0.25, 0.3) is 0 Å². The third-order valence-electron chi connectivity index (χ3n) is 2.31. The number of alkyl halides is 4. The number of aromatic carboxylic acids is 1. The molecular formula is C10H12F4N4O3. The second kappa shape index (κ2) is 6.90. The van der Waals surface area contributed by atoms with E-state index in [1.54, 1.807) is 5.32 Å². The molecule has 0 fully saturated rings. The van der Waals surface area contributed by atoms with Gasteiger partial charge in [-0.25, -0.2) is 23.4 Å². The van der Waals surface area contributed by atoms with Crippen LogP contribution in [0.4, 0.5) is 22.4 Å². The Morgan fingerprint density at radius 2 is 2.05 bits per heavy atom. The van der Waals surface area contributed by atoms with Crippen LogP contribution in [0.1, 0.15) is 10.5 Å². The van der Waals surface area contributed by atoms with Crippen molar-refractivity contribution in [2.75, 3.05) is 13.1 Å². The van der Waals surface area contributed by atoms with Crippen LogP contribution >= 0.6 is 0 Å². The van der Waals surface area contributed by atoms with Crippen molar-refractivity contribution in [1.29, 1.82) is 0 Å². The molecule has 2 amide bonds. The molecule has 0 radical (unpaired) electrons. The van der Waals surface area contributed by atoms with Gasteiger partial charge in [-0.2, -0.15) is 8.78 Å². The van der Waals surface area contributed by atoms with Gasteiger partial charge in [-0.3, -0.25) is 0 Å². The Morgan fingerprint density at radius 3 is 2.57 bits per heavy atom. The van der Waals surface area contributed by atoms with E-state index in [1.807, 2.05) is 0 Å². The van der Waals surface area contributed by atoms with Crippen LogP contribution in [0, 0.1) is 0 Å². The maximum absolute atomic E-state index is 12.5. The molecule has 3 N–H and O–H groups in total. The van der Waals surface area contributed by atoms with Gasteiger partial charge in [-0.05, 0) is 0 Å². The molecule has 7 nitrogen and oxygen atoms in total. The SMILES string of the molecule is O=C(NCCn1cnc(C(=O)O)c1)NCC(F)(F)C(F)F. The lowest BCUT2D eigenvalue weighted by molar-refractivity contribution is -0.123. The monoisotopic (exact) mass is 312 g/mol. The minimum absolute atomic E-state index is 0.0263. The zero-order valence-electron chi connectivity index (χ0n) is 10.5. The van der Waals surface area contributed by atoms with E-state index >= 15 is 0 Å². The largest absolute Gasteiger partial charge is 0.476 e. The predicted molar refractivity (Wildman–Crippen MR) is 61.5 cm³/mol. The number of hydrogen-bond donors (Lipinski definition) is 3. The van der Waals surface area contributed by atoms with Crippen molar-refractivity contribution in [2.45, 2.75) is 18.9 Å². The van der Waals surface area contributed by atoms with E-state index in [4.69, 9.17) is 5.11 Å². The van der Waals surface area contributed by atoms with Crippen LogP contribution < -0.4 is 10.6 Å². The number of halogens is 4. The zero-order valence-corrected chi connectivity index (χ0v) is 10.5. The molecule has 0 saturated heterocycles. The van der Waals surface area contributed by atoms with Gasteiger partial charge in [0.05, 0.1) is 12.9 Å². The van der Waals surface area contributed by atoms with Crippen molar-refractivity contribution < 1.29 is 32.3 Å². The third kappa shape index (κ3) is 5.28. The summed E-state index contributed by atoms with van der Waals surface area (Å²) < 4.78 is 50.0. The molecule has 1 heterocycles. The number of nitrogens with zero attached hydrogens (tertiary/aromatic N) is 2. The van der Waals surface area contributed by atoms with Crippen LogP contribution in [-0.2, 0) is 6.54 Å². The smallest absolute Gasteiger partial charge is 0.356 e. The Bertz CT molecular complexity index is 506. The summed E-state index contributed by atoms with van der Waals surface area (Å²) in [5, 5.41) is 12.4. The Labute approximate surface area is 116 Å². The molecule has 0 aliphatic carbocycles. The summed E-state index contributed by atoms with van der Waals surface area (Å²) in [6, 6.07) is -1.03. The normalized spacial score (nSPS) is 11.5. The highest BCUT2D eigenvalue weighted by Crippen LogP contribution is 2.21. The number of rotatable bonds is 7. The lowest BCUT2D eigenvalue weighted by Gasteiger charge is -2.16. The van der Waals surface area contributed by atoms with E-state index in [2.05, 4.69) is 10.3 Å². The van der Waals surface area contributed by atoms with Gasteiger partial charge in [0.1, 0.15) is 0 Å². The van der Waals surface area contributed by atoms with Crippen molar-refractivity contribution in [3.63, 3.8) is 0 Å². The van der Waals surface area contributed by atoms with Crippen LogP contribution in [0.5, 0.6) is 0 Å². The number of carboxylic acids is 1. The number of urea groups is 1. The fourth-order valence-electron chi connectivity index (χ4n) is 1.23. The number of amides is 2. The van der Waals surface area contributed by atoms with Gasteiger partial charge in [-0.15, -0.1) is 0 Å². The molecule has 0 aliphatic heterocycles. The Kier molecular flexibility index (Phi) is 5.50. The summed E-state index contributed by atoms with van der Waals surface area (Å²) in [6.07, 6.45) is -1.43. The second-order valence-corrected chi connectivity index (χ2v) is 3.97. The summed E-state index contributed by atoms with van der Waals surface area (Å²) in [7, 11) is 0. The molecule has 0 atom stereocenters. The van der Waals surface area contributed by atoms with Gasteiger partial charge in [0.2, 0.25) is 0 Å². The van der Waals surface area contributed by atoms with Gasteiger partial charge < -0.3 is 20.3 Å². The summed E-state index contributed by atoms with van der Waals surface area (Å²) in [4.78, 5) is 25.2. The predicted octanol–water partition coefficient (Wildman–Crippen LogP) is 0.781. The average molecular weight is 312 g/mol. The summed E-state index contributed by atoms with van der Waals surface area (Å²) in [6.45, 7) is -1.37. The maximum atomic E-state index is 12.5. The highest BCUT2D eigenvalue weighted by molar-refractivity contribution is 5.84. The summed E-state index contributed by atoms with van der Waals surface area (Å²) in [5.41, 5.74) is -0.184. The molecule has 1 rings (SSSR count). The van der Waals surface area contributed by atoms with Crippen molar-refractivity contribution in [2.24, 2.45) is 0 Å². The quantitative estimate of drug-likeness (QED) is 0.648. The van der Waals surface area contributed by atoms with E-state index in [-0.39, 0.29) is 18.8 Å². The minimum atomic E-state index is -4.29. The summed E-state index contributed by atoms with van der Waals surface area (Å²) >= 11 is 0. The highest BCUT2D eigenvalue weighted by atomic mass is 19.3. The van der Waals surface area contributed by atoms with Crippen molar-refractivity contribution in [3.05, 3.63) is 18.2 Å². The van der Waals surface area contributed by atoms with Crippen molar-refractivity contribution >= 4 is 12.0 Å². The standard InChI is InChI=1S/C10H12F4N4O3/c11-8(12)10(13,14)4-16-9(21)15-1-2-18-3-6(7(19)20)17-5-18/h3,5,8H,1-2,4H2,(H,19,20)(H2,15,16,21). The molecule has 21 heavy (non-hydrogen) atoms. The highest BCUT2D eigenvalue weighted by Gasteiger charge is 2.40. The maximum Gasteiger partial charge on any atom is 0.356 e. The topological polar surface area (TPSA) is 96.2 Å². The van der Waals surface area contributed by atoms with Crippen molar-refractivity contribution in [3.8, 4) is 0 Å². The van der Waals surface area contributed by atoms with Gasteiger partial charge in [0.15, 0.2) is 5.69 Å². The molecular weight excluding hydrogens is 300 g/mol. The van der Waals surface area contributed by atoms with Crippen LogP contribution in [0.15, 0.2) is 12.5 Å². The first-order chi connectivity index (χ1) is 9.72. The molecule has 1 aromatic heterocycles. The molecule has 0 spiro atoms. The lowest BCUT2D eigenvalue weighted by atomic mass is 10.3. The number of carboxylic acid groups (broad SMARTS) is 1. The van der Waals surface area contributed by atoms with Gasteiger partial charge in [0, 0.05) is 19.3 Å². The number of aromatic nitrogens is 2. The van der Waals surface area contributed by atoms with Crippen LogP contribution in [-0.4, -0.2) is 52.1 Å². The molecule has 0 bridgehead atoms. The average Bonchev–Trinajstić information content (AvgIpc) is 2.85. The first-order valence-corrected chi connectivity index (χ1v) is 5.65. The van der Waals surface area contributed by atoms with Crippen LogP contribution in [0.25, 0.3) is 0 Å². The number of hydrogen-bond acceptors (Lipinski definition) is 3. The zero-order chi connectivity index (χ0) is 16.0. The molecule has 11 heteroatoms. The Hall–Kier alpha value is -2.33. The van der Waals surface area contributed by atoms with E-state index in [0.29, 0.717) is 0 Å².